The van der Waals surface area contributed by atoms with Crippen molar-refractivity contribution in [1.82, 2.24) is 9.88 Å². The summed E-state index contributed by atoms with van der Waals surface area (Å²) in [7, 11) is 0. The number of carbonyl (C=O) groups is 1. The number of carbonyl (C=O) groups excluding carboxylic acids is 1. The summed E-state index contributed by atoms with van der Waals surface area (Å²) < 4.78 is 1.01. The number of hydrogen-bond donors (Lipinski definition) is 2. The van der Waals surface area contributed by atoms with Gasteiger partial charge < -0.3 is 15.0 Å². The lowest BCUT2D eigenvalue weighted by Gasteiger charge is -2.32. The molecule has 0 radical (unpaired) electrons. The molecule has 25 heavy (non-hydrogen) atoms. The Labute approximate surface area is 154 Å². The summed E-state index contributed by atoms with van der Waals surface area (Å²) in [4.78, 5) is 17.9. The van der Waals surface area contributed by atoms with Crippen LogP contribution < -0.4 is 0 Å². The highest BCUT2D eigenvalue weighted by Gasteiger charge is 2.25. The van der Waals surface area contributed by atoms with Gasteiger partial charge in [-0.1, -0.05) is 28.1 Å². The molecule has 2 heterocycles. The van der Waals surface area contributed by atoms with Gasteiger partial charge in [0, 0.05) is 28.5 Å². The number of piperidine rings is 1. The lowest BCUT2D eigenvalue weighted by Crippen LogP contribution is -2.38. The van der Waals surface area contributed by atoms with Crippen LogP contribution in [0.2, 0.25) is 0 Å². The van der Waals surface area contributed by atoms with E-state index in [1.165, 1.54) is 5.56 Å². The van der Waals surface area contributed by atoms with Crippen LogP contribution in [0.5, 0.6) is 5.75 Å². The van der Waals surface area contributed by atoms with E-state index < -0.39 is 0 Å². The first-order chi connectivity index (χ1) is 12.1. The molecule has 3 aromatic rings. The van der Waals surface area contributed by atoms with Crippen molar-refractivity contribution in [3.63, 3.8) is 0 Å². The molecular weight excluding hydrogens is 380 g/mol. The van der Waals surface area contributed by atoms with Crippen LogP contribution in [0.1, 0.15) is 34.8 Å². The summed E-state index contributed by atoms with van der Waals surface area (Å²) >= 11 is 3.46. The normalized spacial score (nSPS) is 15.6. The topological polar surface area (TPSA) is 56.3 Å². The Morgan fingerprint density at radius 3 is 2.52 bits per heavy atom. The smallest absolute Gasteiger partial charge is 0.270 e. The molecule has 128 valence electrons. The number of nitrogens with one attached hydrogen (secondary N) is 1. The number of hydrogen-bond acceptors (Lipinski definition) is 2. The molecule has 1 aromatic heterocycles. The van der Waals surface area contributed by atoms with Gasteiger partial charge >= 0.3 is 0 Å². The maximum Gasteiger partial charge on any atom is 0.270 e. The number of aromatic hydroxyl groups is 1. The van der Waals surface area contributed by atoms with Crippen LogP contribution in [0, 0.1) is 0 Å². The number of phenolic OH excluding ortho intramolecular Hbond substituents is 1. The average Bonchev–Trinajstić information content (AvgIpc) is 3.05. The minimum atomic E-state index is 0.0662. The van der Waals surface area contributed by atoms with E-state index in [9.17, 15) is 9.90 Å². The van der Waals surface area contributed by atoms with E-state index in [-0.39, 0.29) is 5.91 Å². The molecule has 0 spiro atoms. The molecule has 1 amide bonds. The van der Waals surface area contributed by atoms with Crippen molar-refractivity contribution in [1.29, 1.82) is 0 Å². The number of rotatable bonds is 2. The van der Waals surface area contributed by atoms with Crippen molar-refractivity contribution in [2.24, 2.45) is 0 Å². The lowest BCUT2D eigenvalue weighted by molar-refractivity contribution is 0.0708. The molecular formula is C20H19BrN2O2. The molecule has 0 unspecified atom stereocenters. The van der Waals surface area contributed by atoms with Crippen LogP contribution in [0.15, 0.2) is 53.0 Å². The highest BCUT2D eigenvalue weighted by Crippen LogP contribution is 2.30. The number of phenols is 1. The predicted molar refractivity (Wildman–Crippen MR) is 102 cm³/mol. The van der Waals surface area contributed by atoms with Crippen molar-refractivity contribution < 1.29 is 9.90 Å². The maximum atomic E-state index is 12.8. The molecule has 4 nitrogen and oxygen atoms in total. The van der Waals surface area contributed by atoms with E-state index in [2.05, 4.69) is 20.9 Å². The molecule has 0 saturated carbocycles. The van der Waals surface area contributed by atoms with Gasteiger partial charge in [-0.05, 0) is 60.7 Å². The molecule has 1 fully saturated rings. The van der Waals surface area contributed by atoms with Gasteiger partial charge in [0.25, 0.3) is 5.91 Å². The zero-order valence-corrected chi connectivity index (χ0v) is 15.3. The highest BCUT2D eigenvalue weighted by molar-refractivity contribution is 9.10. The number of aromatic nitrogens is 1. The summed E-state index contributed by atoms with van der Waals surface area (Å²) in [5.74, 6) is 0.807. The molecule has 1 saturated heterocycles. The Kier molecular flexibility index (Phi) is 4.25. The monoisotopic (exact) mass is 398 g/mol. The first kappa shape index (κ1) is 16.2. The van der Waals surface area contributed by atoms with Gasteiger partial charge in [0.2, 0.25) is 0 Å². The Bertz CT molecular complexity index is 909. The second-order valence-corrected chi connectivity index (χ2v) is 7.49. The standard InChI is InChI=1S/C20H19BrN2O2/c21-16-3-6-18-15(11-16)12-19(22-18)20(25)23-9-7-14(8-10-23)13-1-4-17(24)5-2-13/h1-6,11-12,14,22,24H,7-10H2. The van der Waals surface area contributed by atoms with E-state index in [1.807, 2.05) is 41.3 Å². The second kappa shape index (κ2) is 6.56. The number of H-pyrrole nitrogens is 1. The number of amides is 1. The Morgan fingerprint density at radius 2 is 1.80 bits per heavy atom. The molecule has 2 aromatic carbocycles. The summed E-state index contributed by atoms with van der Waals surface area (Å²) in [6.45, 7) is 1.51. The van der Waals surface area contributed by atoms with Gasteiger partial charge in [-0.2, -0.15) is 0 Å². The average molecular weight is 399 g/mol. The van der Waals surface area contributed by atoms with Crippen LogP contribution in [-0.2, 0) is 0 Å². The van der Waals surface area contributed by atoms with Gasteiger partial charge in [-0.3, -0.25) is 4.79 Å². The summed E-state index contributed by atoms with van der Waals surface area (Å²) in [5.41, 5.74) is 2.86. The second-order valence-electron chi connectivity index (χ2n) is 6.57. The Morgan fingerprint density at radius 1 is 1.08 bits per heavy atom. The van der Waals surface area contributed by atoms with Crippen LogP contribution in [0.25, 0.3) is 10.9 Å². The SMILES string of the molecule is O=C(c1cc2cc(Br)ccc2[nH]1)N1CCC(c2ccc(O)cc2)CC1. The third kappa shape index (κ3) is 3.29. The molecule has 1 aliphatic rings. The van der Waals surface area contributed by atoms with E-state index in [0.29, 0.717) is 17.4 Å². The fourth-order valence-corrected chi connectivity index (χ4v) is 3.93. The van der Waals surface area contributed by atoms with Crippen molar-refractivity contribution in [2.45, 2.75) is 18.8 Å². The third-order valence-electron chi connectivity index (χ3n) is 4.96. The zero-order valence-electron chi connectivity index (χ0n) is 13.7. The van der Waals surface area contributed by atoms with Gasteiger partial charge in [-0.15, -0.1) is 0 Å². The van der Waals surface area contributed by atoms with Crippen molar-refractivity contribution >= 4 is 32.7 Å². The van der Waals surface area contributed by atoms with Crippen LogP contribution in [0.4, 0.5) is 0 Å². The van der Waals surface area contributed by atoms with Gasteiger partial charge in [0.15, 0.2) is 0 Å². The lowest BCUT2D eigenvalue weighted by atomic mass is 9.89. The maximum absolute atomic E-state index is 12.8. The largest absolute Gasteiger partial charge is 0.508 e. The van der Waals surface area contributed by atoms with E-state index in [1.54, 1.807) is 12.1 Å². The summed E-state index contributed by atoms with van der Waals surface area (Å²) in [6.07, 6.45) is 1.89. The Hall–Kier alpha value is -2.27. The first-order valence-corrected chi connectivity index (χ1v) is 9.26. The number of benzene rings is 2. The molecule has 0 aliphatic carbocycles. The van der Waals surface area contributed by atoms with E-state index in [4.69, 9.17) is 0 Å². The van der Waals surface area contributed by atoms with Crippen molar-refractivity contribution in [3.8, 4) is 5.75 Å². The summed E-state index contributed by atoms with van der Waals surface area (Å²) in [6, 6.07) is 15.3. The third-order valence-corrected chi connectivity index (χ3v) is 5.45. The number of likely N-dealkylation sites (tertiary alicyclic amines) is 1. The number of halogens is 1. The zero-order chi connectivity index (χ0) is 17.4. The number of aromatic amines is 1. The van der Waals surface area contributed by atoms with E-state index in [0.717, 1.165) is 41.3 Å². The fourth-order valence-electron chi connectivity index (χ4n) is 3.55. The molecule has 0 atom stereocenters. The van der Waals surface area contributed by atoms with Crippen molar-refractivity contribution in [2.75, 3.05) is 13.1 Å². The van der Waals surface area contributed by atoms with Gasteiger partial charge in [0.1, 0.15) is 11.4 Å². The minimum Gasteiger partial charge on any atom is -0.508 e. The van der Waals surface area contributed by atoms with Gasteiger partial charge in [0.05, 0.1) is 0 Å². The number of nitrogens with zero attached hydrogens (tertiary/aromatic N) is 1. The number of fused-ring (bicyclic) bond motifs is 1. The van der Waals surface area contributed by atoms with Crippen LogP contribution in [0.3, 0.4) is 0 Å². The Balaban J connectivity index is 1.46. The molecule has 1 aliphatic heterocycles. The van der Waals surface area contributed by atoms with Gasteiger partial charge in [-0.25, -0.2) is 0 Å². The molecule has 5 heteroatoms. The van der Waals surface area contributed by atoms with Crippen molar-refractivity contribution in [3.05, 3.63) is 64.3 Å². The fraction of sp³-hybridized carbons (Fsp3) is 0.250. The first-order valence-electron chi connectivity index (χ1n) is 8.46. The summed E-state index contributed by atoms with van der Waals surface area (Å²) in [5, 5.41) is 10.5. The van der Waals surface area contributed by atoms with Crippen LogP contribution >= 0.6 is 15.9 Å². The minimum absolute atomic E-state index is 0.0662. The molecule has 2 N–H and O–H groups in total. The molecule has 0 bridgehead atoms. The quantitative estimate of drug-likeness (QED) is 0.659. The highest BCUT2D eigenvalue weighted by atomic mass is 79.9. The van der Waals surface area contributed by atoms with Crippen LogP contribution in [-0.4, -0.2) is 34.0 Å². The van der Waals surface area contributed by atoms with E-state index >= 15 is 0 Å². The predicted octanol–water partition coefficient (Wildman–Crippen LogP) is 4.66. The molecule has 4 rings (SSSR count).